The van der Waals surface area contributed by atoms with Crippen LogP contribution in [0, 0.1) is 17.6 Å². The van der Waals surface area contributed by atoms with E-state index in [0.717, 1.165) is 30.5 Å². The van der Waals surface area contributed by atoms with Crippen molar-refractivity contribution >= 4 is 38.5 Å². The van der Waals surface area contributed by atoms with Crippen molar-refractivity contribution in [1.82, 2.24) is 25.1 Å². The quantitative estimate of drug-likeness (QED) is 0.158. The molecule has 1 spiro atoms. The number of ketones is 1. The number of nitrogens with one attached hydrogen (secondary N) is 1. The van der Waals surface area contributed by atoms with Crippen molar-refractivity contribution in [3.05, 3.63) is 93.4 Å². The van der Waals surface area contributed by atoms with E-state index in [-0.39, 0.29) is 40.9 Å². The number of alkyl halides is 5. The second-order valence-electron chi connectivity index (χ2n) is 16.2. The number of pyridine rings is 1. The SMILES string of the molecule is CC1(O)CN(c2nc3nc([C@H](Cc4cc(F)cc(F)c4)NC(=O)Cn4nc(C(F)(F)F)c5c4C(F)(F)[C@@H]4C[C@H]54)c(-c4ccc5c(c4)C(=O)CC54CC4)cc3s2)C1. The van der Waals surface area contributed by atoms with Crippen LogP contribution in [0.15, 0.2) is 42.5 Å². The Morgan fingerprint density at radius 2 is 1.79 bits per heavy atom. The van der Waals surface area contributed by atoms with Crippen LogP contribution >= 0.6 is 11.3 Å². The van der Waals surface area contributed by atoms with Crippen LogP contribution in [0.2, 0.25) is 0 Å². The predicted octanol–water partition coefficient (Wildman–Crippen LogP) is 7.35. The fraction of sp³-hybridized carbons (Fsp3) is 0.410. The van der Waals surface area contributed by atoms with Crippen LogP contribution in [0.5, 0.6) is 0 Å². The van der Waals surface area contributed by atoms with Gasteiger partial charge in [0.1, 0.15) is 23.9 Å². The third-order valence-electron chi connectivity index (χ3n) is 11.8. The molecular formula is C39H31F7N6O3S. The van der Waals surface area contributed by atoms with E-state index in [9.17, 15) is 36.6 Å². The molecule has 2 aromatic carbocycles. The number of hydrogen-bond acceptors (Lipinski definition) is 8. The summed E-state index contributed by atoms with van der Waals surface area (Å²) in [6.07, 6.45) is -3.25. The molecule has 3 aromatic heterocycles. The van der Waals surface area contributed by atoms with E-state index in [1.54, 1.807) is 19.1 Å². The summed E-state index contributed by atoms with van der Waals surface area (Å²) in [4.78, 5) is 38.6. The zero-order valence-electron chi connectivity index (χ0n) is 29.5. The van der Waals surface area contributed by atoms with Gasteiger partial charge >= 0.3 is 6.18 Å². The zero-order valence-corrected chi connectivity index (χ0v) is 30.3. The molecule has 56 heavy (non-hydrogen) atoms. The number of carbonyl (C=O) groups is 2. The molecule has 5 aliphatic rings. The van der Waals surface area contributed by atoms with Gasteiger partial charge in [-0.3, -0.25) is 14.3 Å². The largest absolute Gasteiger partial charge is 0.435 e. The summed E-state index contributed by atoms with van der Waals surface area (Å²) in [5.74, 6) is -8.77. The van der Waals surface area contributed by atoms with Crippen LogP contribution in [0.1, 0.15) is 88.7 Å². The molecule has 1 saturated heterocycles. The van der Waals surface area contributed by atoms with E-state index in [4.69, 9.17) is 4.98 Å². The highest BCUT2D eigenvalue weighted by molar-refractivity contribution is 7.22. The van der Waals surface area contributed by atoms with Crippen LogP contribution in [0.4, 0.5) is 35.9 Å². The number of anilines is 1. The van der Waals surface area contributed by atoms with Gasteiger partial charge in [-0.1, -0.05) is 23.5 Å². The number of β-amino-alcohol motifs (C(OH)–C–C–N with tert-alkyl or cyclic N) is 1. The molecule has 0 unspecified atom stereocenters. The summed E-state index contributed by atoms with van der Waals surface area (Å²) in [7, 11) is 0. The van der Waals surface area contributed by atoms with Crippen molar-refractivity contribution in [1.29, 1.82) is 0 Å². The standard InChI is InChI=1S/C39H31F7N6O3S/c1-36(55)15-51(16-36)35-49-34-28(56-35)12-21(18-2-3-24-22(9-18)27(53)13-37(24)4-5-37)31(48-34)26(8-17-6-19(40)10-20(41)7-17)47-29(54)14-52-33-30(32(50-52)39(44,45)46)23-11-25(23)38(33,42)43/h2-3,6-7,9-10,12,23,25-26,55H,4-5,8,11,13-16H2,1H3,(H,47,54)/t23-,25+,26-/m0/s1. The second-order valence-corrected chi connectivity index (χ2v) is 17.2. The normalized spacial score (nSPS) is 22.5. The summed E-state index contributed by atoms with van der Waals surface area (Å²) in [6.45, 7) is 1.32. The van der Waals surface area contributed by atoms with Crippen molar-refractivity contribution in [2.45, 2.75) is 80.6 Å². The zero-order chi connectivity index (χ0) is 39.3. The van der Waals surface area contributed by atoms with E-state index in [1.165, 1.54) is 11.3 Å². The topological polar surface area (TPSA) is 113 Å². The van der Waals surface area contributed by atoms with Gasteiger partial charge in [0, 0.05) is 40.5 Å². The lowest BCUT2D eigenvalue weighted by atomic mass is 9.92. The maximum absolute atomic E-state index is 15.4. The summed E-state index contributed by atoms with van der Waals surface area (Å²) < 4.78 is 103. The Morgan fingerprint density at radius 1 is 1.05 bits per heavy atom. The summed E-state index contributed by atoms with van der Waals surface area (Å²) in [6, 6.07) is 8.81. The first-order valence-electron chi connectivity index (χ1n) is 18.2. The van der Waals surface area contributed by atoms with Gasteiger partial charge < -0.3 is 15.3 Å². The maximum Gasteiger partial charge on any atom is 0.435 e. The number of nitrogens with zero attached hydrogens (tertiary/aromatic N) is 5. The Labute approximate surface area is 317 Å². The Hall–Kier alpha value is -4.90. The van der Waals surface area contributed by atoms with E-state index >= 15 is 8.78 Å². The lowest BCUT2D eigenvalue weighted by Gasteiger charge is -2.43. The summed E-state index contributed by atoms with van der Waals surface area (Å²) in [5.41, 5.74) is -1.10. The Kier molecular flexibility index (Phi) is 7.35. The van der Waals surface area contributed by atoms with Gasteiger partial charge in [-0.25, -0.2) is 13.8 Å². The number of benzene rings is 2. The minimum atomic E-state index is -5.04. The third kappa shape index (κ3) is 5.63. The van der Waals surface area contributed by atoms with E-state index in [0.29, 0.717) is 56.8 Å². The number of aliphatic hydroxyl groups is 1. The molecule has 0 radical (unpaired) electrons. The smallest absolute Gasteiger partial charge is 0.386 e. The summed E-state index contributed by atoms with van der Waals surface area (Å²) in [5, 5.41) is 17.1. The minimum Gasteiger partial charge on any atom is -0.386 e. The Balaban J connectivity index is 1.08. The van der Waals surface area contributed by atoms with Gasteiger partial charge in [0.25, 0.3) is 5.92 Å². The molecule has 5 aromatic rings. The molecule has 2 N–H and O–H groups in total. The molecule has 4 heterocycles. The average Bonchev–Trinajstić information content (AvgIpc) is 3.93. The highest BCUT2D eigenvalue weighted by atomic mass is 32.1. The predicted molar refractivity (Wildman–Crippen MR) is 188 cm³/mol. The number of aromatic nitrogens is 4. The fourth-order valence-corrected chi connectivity index (χ4v) is 10.0. The highest BCUT2D eigenvalue weighted by Crippen LogP contribution is 2.68. The minimum absolute atomic E-state index is 0.0145. The average molecular weight is 797 g/mol. The molecule has 9 nitrogen and oxygen atoms in total. The number of halogens is 7. The lowest BCUT2D eigenvalue weighted by molar-refractivity contribution is -0.142. The van der Waals surface area contributed by atoms with Crippen molar-refractivity contribution in [2.24, 2.45) is 5.92 Å². The fourth-order valence-electron chi connectivity index (χ4n) is 9.06. The third-order valence-corrected chi connectivity index (χ3v) is 12.9. The Bertz CT molecular complexity index is 2520. The van der Waals surface area contributed by atoms with E-state index in [2.05, 4.69) is 15.4 Å². The molecule has 290 valence electrons. The van der Waals surface area contributed by atoms with Crippen molar-refractivity contribution in [3.8, 4) is 11.1 Å². The van der Waals surface area contributed by atoms with Crippen LogP contribution in [-0.2, 0) is 35.3 Å². The van der Waals surface area contributed by atoms with Gasteiger partial charge in [0.05, 0.1) is 35.1 Å². The molecule has 3 fully saturated rings. The van der Waals surface area contributed by atoms with Crippen LogP contribution in [0.25, 0.3) is 21.5 Å². The number of hydrogen-bond donors (Lipinski definition) is 2. The van der Waals surface area contributed by atoms with Gasteiger partial charge in [-0.15, -0.1) is 0 Å². The van der Waals surface area contributed by atoms with Crippen LogP contribution in [-0.4, -0.2) is 55.2 Å². The molecule has 4 aliphatic carbocycles. The first kappa shape index (κ1) is 35.5. The number of rotatable bonds is 8. The molecule has 2 saturated carbocycles. The number of carbonyl (C=O) groups excluding carboxylic acids is 2. The van der Waals surface area contributed by atoms with Gasteiger partial charge in [0.15, 0.2) is 22.3 Å². The van der Waals surface area contributed by atoms with Gasteiger partial charge in [-0.05, 0) is 79.5 Å². The maximum atomic E-state index is 15.4. The Morgan fingerprint density at radius 3 is 2.46 bits per heavy atom. The molecule has 17 heteroatoms. The van der Waals surface area contributed by atoms with Crippen LogP contribution < -0.4 is 10.2 Å². The molecule has 1 aliphatic heterocycles. The van der Waals surface area contributed by atoms with Crippen molar-refractivity contribution in [3.63, 3.8) is 0 Å². The number of Topliss-reactive ketones (excluding diaryl/α,β-unsaturated/α-hetero) is 1. The summed E-state index contributed by atoms with van der Waals surface area (Å²) >= 11 is 1.30. The molecule has 1 amide bonds. The first-order chi connectivity index (χ1) is 26.4. The molecule has 3 atom stereocenters. The number of thiazole rings is 1. The lowest BCUT2D eigenvalue weighted by Crippen LogP contribution is -2.60. The number of fused-ring (bicyclic) bond motifs is 6. The van der Waals surface area contributed by atoms with Gasteiger partial charge in [0.2, 0.25) is 5.91 Å². The van der Waals surface area contributed by atoms with E-state index < -0.39 is 76.6 Å². The highest BCUT2D eigenvalue weighted by Gasteiger charge is 2.68. The van der Waals surface area contributed by atoms with Crippen molar-refractivity contribution < 1.29 is 45.4 Å². The number of amides is 1. The monoisotopic (exact) mass is 796 g/mol. The van der Waals surface area contributed by atoms with Gasteiger partial charge in [-0.2, -0.15) is 32.0 Å². The second kappa shape index (κ2) is 11.6. The van der Waals surface area contributed by atoms with E-state index in [1.807, 2.05) is 17.0 Å². The molecule has 10 rings (SSSR count). The van der Waals surface area contributed by atoms with Crippen LogP contribution in [0.3, 0.4) is 0 Å². The molecule has 0 bridgehead atoms. The van der Waals surface area contributed by atoms with Crippen molar-refractivity contribution in [2.75, 3.05) is 18.0 Å². The molecular weight excluding hydrogens is 766 g/mol. The first-order valence-corrected chi connectivity index (χ1v) is 19.0.